The van der Waals surface area contributed by atoms with Crippen molar-refractivity contribution in [3.05, 3.63) is 52.0 Å². The van der Waals surface area contributed by atoms with Crippen LogP contribution in [0.3, 0.4) is 0 Å². The average Bonchev–Trinajstić information content (AvgIpc) is 3.01. The molecule has 1 saturated heterocycles. The highest BCUT2D eigenvalue weighted by Gasteiger charge is 2.36. The molecule has 2 aromatic carbocycles. The van der Waals surface area contributed by atoms with E-state index in [4.69, 9.17) is 16.3 Å². The highest BCUT2D eigenvalue weighted by Crippen LogP contribution is 2.33. The molecule has 1 fully saturated rings. The van der Waals surface area contributed by atoms with E-state index in [0.29, 0.717) is 35.3 Å². The quantitative estimate of drug-likeness (QED) is 0.749. The van der Waals surface area contributed by atoms with Crippen LogP contribution < -0.4 is 15.0 Å². The molecule has 3 rings (SSSR count). The molecule has 26 heavy (non-hydrogen) atoms. The van der Waals surface area contributed by atoms with Crippen molar-refractivity contribution in [2.75, 3.05) is 23.4 Å². The zero-order valence-corrected chi connectivity index (χ0v) is 16.5. The summed E-state index contributed by atoms with van der Waals surface area (Å²) in [6, 6.07) is 12.6. The molecule has 0 unspecified atom stereocenters. The fraction of sp³-hybridized carbons (Fsp3) is 0.263. The molecule has 0 radical (unpaired) electrons. The normalized spacial score (nSPS) is 16.7. The Morgan fingerprint density at radius 2 is 2.12 bits per heavy atom. The Hall–Kier alpha value is -2.05. The molecule has 0 saturated carbocycles. The van der Waals surface area contributed by atoms with Crippen molar-refractivity contribution >= 4 is 50.7 Å². The zero-order chi connectivity index (χ0) is 18.7. The van der Waals surface area contributed by atoms with Crippen LogP contribution in [0.2, 0.25) is 5.02 Å². The van der Waals surface area contributed by atoms with Crippen LogP contribution in [0, 0.1) is 5.92 Å². The van der Waals surface area contributed by atoms with Gasteiger partial charge in [0.2, 0.25) is 11.8 Å². The second-order valence-electron chi connectivity index (χ2n) is 5.92. The predicted octanol–water partition coefficient (Wildman–Crippen LogP) is 4.49. The number of hydrogen-bond donors (Lipinski definition) is 1. The lowest BCUT2D eigenvalue weighted by Crippen LogP contribution is -2.28. The van der Waals surface area contributed by atoms with Gasteiger partial charge in [0.15, 0.2) is 0 Å². The highest BCUT2D eigenvalue weighted by atomic mass is 79.9. The summed E-state index contributed by atoms with van der Waals surface area (Å²) >= 11 is 9.37. The minimum absolute atomic E-state index is 0.0915. The first-order valence-corrected chi connectivity index (χ1v) is 9.44. The minimum atomic E-state index is -0.431. The Morgan fingerprint density at radius 3 is 2.85 bits per heavy atom. The third kappa shape index (κ3) is 4.02. The van der Waals surface area contributed by atoms with E-state index in [2.05, 4.69) is 21.2 Å². The lowest BCUT2D eigenvalue weighted by atomic mass is 10.1. The number of rotatable bonds is 5. The third-order valence-corrected chi connectivity index (χ3v) is 5.37. The molecule has 0 bridgehead atoms. The van der Waals surface area contributed by atoms with Crippen LogP contribution in [0.4, 0.5) is 11.4 Å². The number of ether oxygens (including phenoxy) is 1. The van der Waals surface area contributed by atoms with Crippen molar-refractivity contribution in [3.8, 4) is 5.75 Å². The van der Waals surface area contributed by atoms with Gasteiger partial charge < -0.3 is 15.0 Å². The number of carbonyl (C=O) groups is 2. The smallest absolute Gasteiger partial charge is 0.229 e. The molecule has 5 nitrogen and oxygen atoms in total. The summed E-state index contributed by atoms with van der Waals surface area (Å²) in [6.07, 6.45) is 0.163. The monoisotopic (exact) mass is 436 g/mol. The number of anilines is 2. The van der Waals surface area contributed by atoms with Crippen LogP contribution in [-0.4, -0.2) is 25.0 Å². The van der Waals surface area contributed by atoms with Crippen molar-refractivity contribution in [3.63, 3.8) is 0 Å². The van der Waals surface area contributed by atoms with Gasteiger partial charge in [0.1, 0.15) is 5.75 Å². The SMILES string of the molecule is CCOc1ccccc1N1C[C@H](C(=O)Nc2ccc(Br)c(Cl)c2)CC1=O. The number of halogens is 2. The van der Waals surface area contributed by atoms with Crippen molar-refractivity contribution in [1.29, 1.82) is 0 Å². The molecule has 0 aromatic heterocycles. The maximum atomic E-state index is 12.6. The summed E-state index contributed by atoms with van der Waals surface area (Å²) < 4.78 is 6.36. The van der Waals surface area contributed by atoms with Gasteiger partial charge in [-0.2, -0.15) is 0 Å². The van der Waals surface area contributed by atoms with Gasteiger partial charge in [0.05, 0.1) is 23.2 Å². The van der Waals surface area contributed by atoms with Gasteiger partial charge in [0, 0.05) is 23.1 Å². The summed E-state index contributed by atoms with van der Waals surface area (Å²) in [5.74, 6) is -0.0806. The van der Waals surface area contributed by atoms with Crippen molar-refractivity contribution in [2.45, 2.75) is 13.3 Å². The Balaban J connectivity index is 1.73. The van der Waals surface area contributed by atoms with Gasteiger partial charge in [0.25, 0.3) is 0 Å². The van der Waals surface area contributed by atoms with Crippen LogP contribution in [-0.2, 0) is 9.59 Å². The van der Waals surface area contributed by atoms with Crippen LogP contribution >= 0.6 is 27.5 Å². The molecule has 7 heteroatoms. The van der Waals surface area contributed by atoms with Crippen LogP contribution in [0.25, 0.3) is 0 Å². The first-order chi connectivity index (χ1) is 12.5. The van der Waals surface area contributed by atoms with E-state index in [9.17, 15) is 9.59 Å². The molecule has 0 spiro atoms. The Labute approximate surface area is 165 Å². The third-order valence-electron chi connectivity index (χ3n) is 4.14. The predicted molar refractivity (Wildman–Crippen MR) is 106 cm³/mol. The molecule has 1 aliphatic heterocycles. The van der Waals surface area contributed by atoms with Gasteiger partial charge in [-0.15, -0.1) is 0 Å². The van der Waals surface area contributed by atoms with E-state index < -0.39 is 5.92 Å². The minimum Gasteiger partial charge on any atom is -0.492 e. The van der Waals surface area contributed by atoms with E-state index >= 15 is 0 Å². The fourth-order valence-electron chi connectivity index (χ4n) is 2.89. The number of amides is 2. The molecule has 1 N–H and O–H groups in total. The summed E-state index contributed by atoms with van der Waals surface area (Å²) in [6.45, 7) is 2.72. The lowest BCUT2D eigenvalue weighted by molar-refractivity contribution is -0.122. The Kier molecular flexibility index (Phi) is 5.84. The molecular weight excluding hydrogens is 420 g/mol. The lowest BCUT2D eigenvalue weighted by Gasteiger charge is -2.20. The number of hydrogen-bond acceptors (Lipinski definition) is 3. The molecule has 2 amide bonds. The average molecular weight is 438 g/mol. The topological polar surface area (TPSA) is 58.6 Å². The molecule has 2 aromatic rings. The van der Waals surface area contributed by atoms with Crippen molar-refractivity contribution < 1.29 is 14.3 Å². The second kappa shape index (κ2) is 8.10. The summed E-state index contributed by atoms with van der Waals surface area (Å²) in [5.41, 5.74) is 1.30. The van der Waals surface area contributed by atoms with Gasteiger partial charge in [-0.25, -0.2) is 0 Å². The zero-order valence-electron chi connectivity index (χ0n) is 14.2. The largest absolute Gasteiger partial charge is 0.492 e. The molecule has 136 valence electrons. The number of carbonyl (C=O) groups excluding carboxylic acids is 2. The van der Waals surface area contributed by atoms with E-state index in [1.807, 2.05) is 31.2 Å². The summed E-state index contributed by atoms with van der Waals surface area (Å²) in [5, 5.41) is 3.34. The van der Waals surface area contributed by atoms with Crippen LogP contribution in [0.15, 0.2) is 46.9 Å². The van der Waals surface area contributed by atoms with Crippen molar-refractivity contribution in [1.82, 2.24) is 0 Å². The van der Waals surface area contributed by atoms with Gasteiger partial charge in [-0.05, 0) is 53.2 Å². The first kappa shape index (κ1) is 18.7. The van der Waals surface area contributed by atoms with Crippen LogP contribution in [0.5, 0.6) is 5.75 Å². The van der Waals surface area contributed by atoms with E-state index in [-0.39, 0.29) is 18.2 Å². The van der Waals surface area contributed by atoms with Gasteiger partial charge >= 0.3 is 0 Å². The first-order valence-electron chi connectivity index (χ1n) is 8.27. The highest BCUT2D eigenvalue weighted by molar-refractivity contribution is 9.10. The molecule has 1 aliphatic rings. The van der Waals surface area contributed by atoms with E-state index in [1.54, 1.807) is 23.1 Å². The maximum absolute atomic E-state index is 12.6. The van der Waals surface area contributed by atoms with Crippen LogP contribution in [0.1, 0.15) is 13.3 Å². The number of para-hydroxylation sites is 2. The molecule has 1 heterocycles. The maximum Gasteiger partial charge on any atom is 0.229 e. The molecular formula is C19H18BrClN2O3. The van der Waals surface area contributed by atoms with Gasteiger partial charge in [-0.1, -0.05) is 23.7 Å². The second-order valence-corrected chi connectivity index (χ2v) is 7.19. The Morgan fingerprint density at radius 1 is 1.35 bits per heavy atom. The molecule has 0 aliphatic carbocycles. The van der Waals surface area contributed by atoms with Gasteiger partial charge in [-0.3, -0.25) is 9.59 Å². The Bertz CT molecular complexity index is 843. The number of nitrogens with one attached hydrogen (secondary N) is 1. The van der Waals surface area contributed by atoms with E-state index in [1.165, 1.54) is 0 Å². The van der Waals surface area contributed by atoms with E-state index in [0.717, 1.165) is 4.47 Å². The van der Waals surface area contributed by atoms with Crippen molar-refractivity contribution in [2.24, 2.45) is 5.92 Å². The number of nitrogens with zero attached hydrogens (tertiary/aromatic N) is 1. The molecule has 1 atom stereocenters. The fourth-order valence-corrected chi connectivity index (χ4v) is 3.32. The number of benzene rings is 2. The standard InChI is InChI=1S/C19H18BrClN2O3/c1-2-26-17-6-4-3-5-16(17)23-11-12(9-18(23)24)19(25)22-13-7-8-14(20)15(21)10-13/h3-8,10,12H,2,9,11H2,1H3,(H,22,25)/t12-/m1/s1. The summed E-state index contributed by atoms with van der Waals surface area (Å²) in [4.78, 5) is 26.6. The summed E-state index contributed by atoms with van der Waals surface area (Å²) in [7, 11) is 0.